The summed E-state index contributed by atoms with van der Waals surface area (Å²) < 4.78 is 23.8. The average Bonchev–Trinajstić information content (AvgIpc) is 2.25. The van der Waals surface area contributed by atoms with Crippen LogP contribution in [0.25, 0.3) is 0 Å². The Morgan fingerprint density at radius 3 is 2.75 bits per heavy atom. The molecule has 4 heteroatoms. The fourth-order valence-corrected chi connectivity index (χ4v) is 1.41. The Bertz CT molecular complexity index is 329. The van der Waals surface area contributed by atoms with Crippen LogP contribution < -0.4 is 10.5 Å². The Labute approximate surface area is 95.4 Å². The molecule has 0 fully saturated rings. The van der Waals surface area contributed by atoms with Crippen molar-refractivity contribution in [3.05, 3.63) is 29.6 Å². The third-order valence-electron chi connectivity index (χ3n) is 2.23. The number of benzene rings is 1. The minimum Gasteiger partial charge on any atom is -0.490 e. The molecule has 0 saturated heterocycles. The van der Waals surface area contributed by atoms with E-state index in [9.17, 15) is 4.39 Å². The van der Waals surface area contributed by atoms with Crippen LogP contribution >= 0.6 is 0 Å². The van der Waals surface area contributed by atoms with Crippen LogP contribution in [0.15, 0.2) is 18.2 Å². The Morgan fingerprint density at radius 1 is 1.38 bits per heavy atom. The van der Waals surface area contributed by atoms with Crippen LogP contribution in [0.3, 0.4) is 0 Å². The van der Waals surface area contributed by atoms with E-state index >= 15 is 0 Å². The second-order valence-corrected chi connectivity index (χ2v) is 3.64. The molecule has 0 spiro atoms. The molecule has 0 heterocycles. The molecule has 0 radical (unpaired) electrons. The van der Waals surface area contributed by atoms with Crippen molar-refractivity contribution in [1.82, 2.24) is 0 Å². The number of hydrogen-bond acceptors (Lipinski definition) is 3. The van der Waals surface area contributed by atoms with E-state index in [0.29, 0.717) is 18.8 Å². The molecule has 0 unspecified atom stereocenters. The van der Waals surface area contributed by atoms with Gasteiger partial charge in [-0.15, -0.1) is 0 Å². The molecule has 0 aliphatic rings. The fraction of sp³-hybridized carbons (Fsp3) is 0.500. The van der Waals surface area contributed by atoms with Gasteiger partial charge >= 0.3 is 0 Å². The van der Waals surface area contributed by atoms with Gasteiger partial charge in [-0.05, 0) is 13.0 Å². The Hall–Kier alpha value is -1.13. The van der Waals surface area contributed by atoms with Crippen molar-refractivity contribution >= 4 is 0 Å². The summed E-state index contributed by atoms with van der Waals surface area (Å²) in [6, 6.07) is 4.54. The van der Waals surface area contributed by atoms with Crippen molar-refractivity contribution in [2.24, 2.45) is 5.73 Å². The summed E-state index contributed by atoms with van der Waals surface area (Å²) in [5, 5.41) is 0. The van der Waals surface area contributed by atoms with E-state index in [1.165, 1.54) is 6.07 Å². The first kappa shape index (κ1) is 12.9. The average molecular weight is 227 g/mol. The third-order valence-corrected chi connectivity index (χ3v) is 2.23. The van der Waals surface area contributed by atoms with E-state index in [-0.39, 0.29) is 17.6 Å². The Balaban J connectivity index is 2.69. The van der Waals surface area contributed by atoms with Gasteiger partial charge in [-0.2, -0.15) is 0 Å². The predicted octanol–water partition coefficient (Wildman–Crippen LogP) is 2.26. The topological polar surface area (TPSA) is 44.5 Å². The number of hydrogen-bond donors (Lipinski definition) is 1. The summed E-state index contributed by atoms with van der Waals surface area (Å²) in [5.41, 5.74) is 6.43. The van der Waals surface area contributed by atoms with E-state index < -0.39 is 0 Å². The molecule has 0 aromatic heterocycles. The van der Waals surface area contributed by atoms with Gasteiger partial charge in [0, 0.05) is 31.7 Å². The quantitative estimate of drug-likeness (QED) is 0.758. The highest BCUT2D eigenvalue weighted by Gasteiger charge is 2.12. The SMILES string of the molecule is COCCCOc1c(F)cccc1[C@@H](C)N. The van der Waals surface area contributed by atoms with Crippen molar-refractivity contribution in [3.8, 4) is 5.75 Å². The molecule has 0 aliphatic heterocycles. The molecule has 2 N–H and O–H groups in total. The van der Waals surface area contributed by atoms with Gasteiger partial charge in [0.2, 0.25) is 0 Å². The predicted molar refractivity (Wildman–Crippen MR) is 61.0 cm³/mol. The number of nitrogens with two attached hydrogens (primary N) is 1. The Kier molecular flexibility index (Phi) is 5.22. The van der Waals surface area contributed by atoms with Gasteiger partial charge in [0.15, 0.2) is 11.6 Å². The summed E-state index contributed by atoms with van der Waals surface area (Å²) in [7, 11) is 1.62. The number of para-hydroxylation sites is 1. The molecule has 90 valence electrons. The molecule has 1 atom stereocenters. The second kappa shape index (κ2) is 6.45. The second-order valence-electron chi connectivity index (χ2n) is 3.64. The molecule has 1 aromatic rings. The molecule has 3 nitrogen and oxygen atoms in total. The van der Waals surface area contributed by atoms with Crippen molar-refractivity contribution in [2.75, 3.05) is 20.3 Å². The lowest BCUT2D eigenvalue weighted by Crippen LogP contribution is -2.10. The zero-order chi connectivity index (χ0) is 12.0. The minimum atomic E-state index is -0.368. The van der Waals surface area contributed by atoms with Crippen molar-refractivity contribution in [1.29, 1.82) is 0 Å². The number of halogens is 1. The monoisotopic (exact) mass is 227 g/mol. The normalized spacial score (nSPS) is 12.5. The lowest BCUT2D eigenvalue weighted by molar-refractivity contribution is 0.170. The third kappa shape index (κ3) is 3.47. The summed E-state index contributed by atoms with van der Waals surface area (Å²) >= 11 is 0. The number of ether oxygens (including phenoxy) is 2. The molecule has 0 aliphatic carbocycles. The standard InChI is InChI=1S/C12H18FNO2/c1-9(14)10-5-3-6-11(13)12(10)16-8-4-7-15-2/h3,5-6,9H,4,7-8,14H2,1-2H3/t9-/m1/s1. The summed E-state index contributed by atoms with van der Waals surface area (Å²) in [4.78, 5) is 0. The highest BCUT2D eigenvalue weighted by Crippen LogP contribution is 2.26. The van der Waals surface area contributed by atoms with E-state index in [0.717, 1.165) is 6.42 Å². The molecular formula is C12H18FNO2. The van der Waals surface area contributed by atoms with E-state index in [4.69, 9.17) is 15.2 Å². The maximum atomic E-state index is 13.5. The van der Waals surface area contributed by atoms with Gasteiger partial charge in [-0.3, -0.25) is 0 Å². The highest BCUT2D eigenvalue weighted by atomic mass is 19.1. The van der Waals surface area contributed by atoms with Gasteiger partial charge in [0.25, 0.3) is 0 Å². The summed E-state index contributed by atoms with van der Waals surface area (Å²) in [6.07, 6.45) is 0.725. The van der Waals surface area contributed by atoms with E-state index in [1.807, 2.05) is 0 Å². The summed E-state index contributed by atoms with van der Waals surface area (Å²) in [5.74, 6) is -0.110. The minimum absolute atomic E-state index is 0.242. The Morgan fingerprint density at radius 2 is 2.12 bits per heavy atom. The van der Waals surface area contributed by atoms with Gasteiger partial charge in [0.1, 0.15) is 0 Å². The summed E-state index contributed by atoms with van der Waals surface area (Å²) in [6.45, 7) is 2.83. The van der Waals surface area contributed by atoms with E-state index in [1.54, 1.807) is 26.2 Å². The first-order valence-corrected chi connectivity index (χ1v) is 5.32. The lowest BCUT2D eigenvalue weighted by atomic mass is 10.1. The zero-order valence-corrected chi connectivity index (χ0v) is 9.70. The molecule has 1 aromatic carbocycles. The van der Waals surface area contributed by atoms with Crippen LogP contribution in [-0.4, -0.2) is 20.3 Å². The lowest BCUT2D eigenvalue weighted by Gasteiger charge is -2.14. The molecule has 1 rings (SSSR count). The zero-order valence-electron chi connectivity index (χ0n) is 9.70. The van der Waals surface area contributed by atoms with Crippen LogP contribution in [0, 0.1) is 5.82 Å². The van der Waals surface area contributed by atoms with Crippen LogP contribution in [0.2, 0.25) is 0 Å². The van der Waals surface area contributed by atoms with Gasteiger partial charge in [-0.25, -0.2) is 4.39 Å². The fourth-order valence-electron chi connectivity index (χ4n) is 1.41. The smallest absolute Gasteiger partial charge is 0.165 e. The van der Waals surface area contributed by atoms with Gasteiger partial charge in [0.05, 0.1) is 6.61 Å². The van der Waals surface area contributed by atoms with E-state index in [2.05, 4.69) is 0 Å². The maximum absolute atomic E-state index is 13.5. The van der Waals surface area contributed by atoms with Crippen molar-refractivity contribution in [2.45, 2.75) is 19.4 Å². The molecule has 0 amide bonds. The van der Waals surface area contributed by atoms with Crippen LogP contribution in [0.5, 0.6) is 5.75 Å². The number of rotatable bonds is 6. The van der Waals surface area contributed by atoms with Crippen LogP contribution in [0.4, 0.5) is 4.39 Å². The van der Waals surface area contributed by atoms with Crippen molar-refractivity contribution < 1.29 is 13.9 Å². The molecule has 0 bridgehead atoms. The molecule has 0 saturated carbocycles. The van der Waals surface area contributed by atoms with Crippen LogP contribution in [0.1, 0.15) is 24.9 Å². The van der Waals surface area contributed by atoms with Gasteiger partial charge in [-0.1, -0.05) is 12.1 Å². The first-order valence-electron chi connectivity index (χ1n) is 5.32. The number of methoxy groups -OCH3 is 1. The van der Waals surface area contributed by atoms with Gasteiger partial charge < -0.3 is 15.2 Å². The maximum Gasteiger partial charge on any atom is 0.165 e. The first-order chi connectivity index (χ1) is 7.66. The largest absolute Gasteiger partial charge is 0.490 e. The van der Waals surface area contributed by atoms with Crippen LogP contribution in [-0.2, 0) is 4.74 Å². The molecule has 16 heavy (non-hydrogen) atoms. The molecular weight excluding hydrogens is 209 g/mol. The van der Waals surface area contributed by atoms with Crippen molar-refractivity contribution in [3.63, 3.8) is 0 Å². The highest BCUT2D eigenvalue weighted by molar-refractivity contribution is 5.36.